The lowest BCUT2D eigenvalue weighted by molar-refractivity contribution is -0.384. The molecule has 0 N–H and O–H groups in total. The third kappa shape index (κ3) is 3.42. The number of carbonyl (C=O) groups excluding carboxylic acids is 1. The Morgan fingerprint density at radius 3 is 2.62 bits per heavy atom. The number of nitro benzene ring substituents is 1. The van der Waals surface area contributed by atoms with Crippen molar-refractivity contribution in [2.75, 3.05) is 7.11 Å². The van der Waals surface area contributed by atoms with Gasteiger partial charge in [0, 0.05) is 17.3 Å². The fourth-order valence-electron chi connectivity index (χ4n) is 3.40. The molecule has 0 saturated heterocycles. The van der Waals surface area contributed by atoms with Crippen LogP contribution in [0.15, 0.2) is 42.5 Å². The highest BCUT2D eigenvalue weighted by Crippen LogP contribution is 2.33. The van der Waals surface area contributed by atoms with Crippen molar-refractivity contribution in [2.24, 2.45) is 0 Å². The zero-order chi connectivity index (χ0) is 20.5. The molecule has 8 nitrogen and oxygen atoms in total. The van der Waals surface area contributed by atoms with Gasteiger partial charge in [-0.25, -0.2) is 13.9 Å². The highest BCUT2D eigenvalue weighted by molar-refractivity contribution is 5.91. The molecule has 3 aromatic rings. The number of carbonyl (C=O) groups is 1. The van der Waals surface area contributed by atoms with Crippen LogP contribution in [0.25, 0.3) is 5.69 Å². The van der Waals surface area contributed by atoms with Crippen molar-refractivity contribution in [3.8, 4) is 17.2 Å². The minimum absolute atomic E-state index is 0.0604. The number of hydrogen-bond acceptors (Lipinski definition) is 6. The van der Waals surface area contributed by atoms with Gasteiger partial charge in [-0.1, -0.05) is 0 Å². The maximum Gasteiger partial charge on any atom is 0.364 e. The molecule has 9 heteroatoms. The summed E-state index contributed by atoms with van der Waals surface area (Å²) in [7, 11) is 1.37. The Bertz CT molecular complexity index is 1110. The second-order valence-corrected chi connectivity index (χ2v) is 6.50. The van der Waals surface area contributed by atoms with E-state index in [0.717, 1.165) is 30.2 Å². The molecule has 0 atom stereocenters. The predicted octanol–water partition coefficient (Wildman–Crippen LogP) is 3.64. The van der Waals surface area contributed by atoms with E-state index in [2.05, 4.69) is 5.10 Å². The van der Waals surface area contributed by atoms with E-state index in [4.69, 9.17) is 9.47 Å². The summed E-state index contributed by atoms with van der Waals surface area (Å²) in [5, 5.41) is 15.4. The third-order valence-corrected chi connectivity index (χ3v) is 4.76. The first-order valence-corrected chi connectivity index (χ1v) is 8.89. The Balaban J connectivity index is 1.70. The van der Waals surface area contributed by atoms with Crippen molar-refractivity contribution in [2.45, 2.75) is 19.3 Å². The fraction of sp³-hybridized carbons (Fsp3) is 0.200. The van der Waals surface area contributed by atoms with Crippen molar-refractivity contribution in [3.05, 3.63) is 75.3 Å². The largest absolute Gasteiger partial charge is 0.493 e. The number of aromatic nitrogens is 2. The van der Waals surface area contributed by atoms with E-state index >= 15 is 0 Å². The predicted molar refractivity (Wildman–Crippen MR) is 100 cm³/mol. The Labute approximate surface area is 164 Å². The van der Waals surface area contributed by atoms with E-state index in [1.165, 1.54) is 31.4 Å². The molecule has 29 heavy (non-hydrogen) atoms. The van der Waals surface area contributed by atoms with Gasteiger partial charge >= 0.3 is 5.97 Å². The number of non-ortho nitro benzene ring substituents is 1. The number of nitrogens with zero attached hydrogens (tertiary/aromatic N) is 3. The van der Waals surface area contributed by atoms with Crippen molar-refractivity contribution in [1.82, 2.24) is 9.78 Å². The van der Waals surface area contributed by atoms with Gasteiger partial charge < -0.3 is 9.47 Å². The second kappa shape index (κ2) is 7.34. The van der Waals surface area contributed by atoms with Gasteiger partial charge in [0.05, 0.1) is 23.8 Å². The number of esters is 1. The molecule has 1 aliphatic rings. The highest BCUT2D eigenvalue weighted by Gasteiger charge is 2.29. The van der Waals surface area contributed by atoms with E-state index in [1.807, 2.05) is 0 Å². The molecule has 0 bridgehead atoms. The molecule has 0 amide bonds. The lowest BCUT2D eigenvalue weighted by atomic mass is 10.2. The van der Waals surface area contributed by atoms with Gasteiger partial charge in [-0.3, -0.25) is 10.1 Å². The molecule has 1 aromatic heterocycles. The van der Waals surface area contributed by atoms with Crippen molar-refractivity contribution >= 4 is 11.7 Å². The zero-order valence-corrected chi connectivity index (χ0v) is 15.4. The first-order chi connectivity index (χ1) is 14.0. The topological polar surface area (TPSA) is 96.5 Å². The lowest BCUT2D eigenvalue weighted by Gasteiger charge is -2.08. The van der Waals surface area contributed by atoms with Crippen LogP contribution in [0.2, 0.25) is 0 Å². The number of rotatable bonds is 5. The number of methoxy groups -OCH3 is 1. The molecule has 1 heterocycles. The Hall–Kier alpha value is -3.75. The van der Waals surface area contributed by atoms with Crippen LogP contribution in [0, 0.1) is 15.9 Å². The first-order valence-electron chi connectivity index (χ1n) is 8.89. The number of fused-ring (bicyclic) bond motifs is 1. The van der Waals surface area contributed by atoms with Gasteiger partial charge in [0.15, 0.2) is 17.2 Å². The van der Waals surface area contributed by atoms with E-state index < -0.39 is 10.9 Å². The Morgan fingerprint density at radius 1 is 1.17 bits per heavy atom. The van der Waals surface area contributed by atoms with Crippen LogP contribution in [0.5, 0.6) is 11.5 Å². The molecular formula is C20H16FN3O5. The van der Waals surface area contributed by atoms with Crippen molar-refractivity contribution in [1.29, 1.82) is 0 Å². The van der Waals surface area contributed by atoms with Crippen molar-refractivity contribution in [3.63, 3.8) is 0 Å². The smallest absolute Gasteiger partial charge is 0.364 e. The molecule has 1 aliphatic carbocycles. The average Bonchev–Trinajstić information content (AvgIpc) is 3.31. The first kappa shape index (κ1) is 18.6. The molecule has 148 valence electrons. The highest BCUT2D eigenvalue weighted by atomic mass is 19.1. The fourth-order valence-corrected chi connectivity index (χ4v) is 3.40. The molecule has 0 unspecified atom stereocenters. The SMILES string of the molecule is COc1ccc([N+](=O)[O-])cc1OC(=O)c1nn(-c2ccc(F)cc2)c2c1CCC2. The van der Waals surface area contributed by atoms with Crippen LogP contribution in [0.4, 0.5) is 10.1 Å². The minimum Gasteiger partial charge on any atom is -0.493 e. The van der Waals surface area contributed by atoms with Gasteiger partial charge in [-0.15, -0.1) is 0 Å². The molecule has 0 spiro atoms. The number of halogens is 1. The molecule has 2 aromatic carbocycles. The van der Waals surface area contributed by atoms with Crippen LogP contribution in [-0.2, 0) is 12.8 Å². The minimum atomic E-state index is -0.734. The zero-order valence-electron chi connectivity index (χ0n) is 15.4. The summed E-state index contributed by atoms with van der Waals surface area (Å²) in [6.07, 6.45) is 2.24. The van der Waals surface area contributed by atoms with Crippen LogP contribution >= 0.6 is 0 Å². The maximum atomic E-state index is 13.2. The summed E-state index contributed by atoms with van der Waals surface area (Å²) in [4.78, 5) is 23.3. The van der Waals surface area contributed by atoms with Gasteiger partial charge in [-0.2, -0.15) is 5.10 Å². The van der Waals surface area contributed by atoms with Gasteiger partial charge in [0.25, 0.3) is 5.69 Å². The molecule has 0 radical (unpaired) electrons. The van der Waals surface area contributed by atoms with Crippen LogP contribution in [0.1, 0.15) is 28.2 Å². The van der Waals surface area contributed by atoms with Crippen LogP contribution in [-0.4, -0.2) is 27.8 Å². The number of nitro groups is 1. The summed E-state index contributed by atoms with van der Waals surface area (Å²) >= 11 is 0. The second-order valence-electron chi connectivity index (χ2n) is 6.50. The summed E-state index contributed by atoms with van der Waals surface area (Å²) in [6.45, 7) is 0. The van der Waals surface area contributed by atoms with Gasteiger partial charge in [0.1, 0.15) is 5.82 Å². The van der Waals surface area contributed by atoms with E-state index in [0.29, 0.717) is 12.1 Å². The lowest BCUT2D eigenvalue weighted by Crippen LogP contribution is -2.13. The number of benzene rings is 2. The van der Waals surface area contributed by atoms with Crippen LogP contribution < -0.4 is 9.47 Å². The Morgan fingerprint density at radius 2 is 1.93 bits per heavy atom. The van der Waals surface area contributed by atoms with Crippen LogP contribution in [0.3, 0.4) is 0 Å². The van der Waals surface area contributed by atoms with Gasteiger partial charge in [0.2, 0.25) is 0 Å². The Kier molecular flexibility index (Phi) is 4.71. The maximum absolute atomic E-state index is 13.2. The summed E-state index contributed by atoms with van der Waals surface area (Å²) in [5.41, 5.74) is 2.18. The number of ether oxygens (including phenoxy) is 2. The monoisotopic (exact) mass is 397 g/mol. The summed E-state index contributed by atoms with van der Waals surface area (Å²) in [6, 6.07) is 9.57. The number of hydrogen-bond donors (Lipinski definition) is 0. The summed E-state index contributed by atoms with van der Waals surface area (Å²) < 4.78 is 25.4. The molecule has 0 saturated carbocycles. The molecular weight excluding hydrogens is 381 g/mol. The van der Waals surface area contributed by atoms with Crippen molar-refractivity contribution < 1.29 is 23.6 Å². The molecule has 4 rings (SSSR count). The van der Waals surface area contributed by atoms with E-state index in [-0.39, 0.29) is 28.7 Å². The quantitative estimate of drug-likeness (QED) is 0.282. The standard InChI is InChI=1S/C20H16FN3O5/c1-28-17-10-9-14(24(26)27)11-18(17)29-20(25)19-15-3-2-4-16(15)23(22-19)13-7-5-12(21)6-8-13/h5-11H,2-4H2,1H3. The van der Waals surface area contributed by atoms with Gasteiger partial charge in [-0.05, 0) is 49.6 Å². The molecule has 0 aliphatic heterocycles. The average molecular weight is 397 g/mol. The van der Waals surface area contributed by atoms with E-state index in [1.54, 1.807) is 16.8 Å². The summed E-state index contributed by atoms with van der Waals surface area (Å²) in [5.74, 6) is -0.967. The molecule has 0 fully saturated rings. The normalized spacial score (nSPS) is 12.5. The van der Waals surface area contributed by atoms with E-state index in [9.17, 15) is 19.3 Å². The third-order valence-electron chi connectivity index (χ3n) is 4.76.